The van der Waals surface area contributed by atoms with Crippen LogP contribution in [0.3, 0.4) is 0 Å². The van der Waals surface area contributed by atoms with Crippen molar-refractivity contribution in [1.82, 2.24) is 9.97 Å². The van der Waals surface area contributed by atoms with E-state index in [-0.39, 0.29) is 0 Å². The minimum atomic E-state index is 0.692. The Bertz CT molecular complexity index is 253. The lowest BCUT2D eigenvalue weighted by Gasteiger charge is -2.04. The molecule has 0 bridgehead atoms. The van der Waals surface area contributed by atoms with Gasteiger partial charge in [-0.25, -0.2) is 9.97 Å². The zero-order valence-corrected chi connectivity index (χ0v) is 9.52. The van der Waals surface area contributed by atoms with E-state index in [2.05, 4.69) is 39.7 Å². The van der Waals surface area contributed by atoms with Crippen LogP contribution in [0.25, 0.3) is 0 Å². The Labute approximate surface area is 85.3 Å². The number of aromatic nitrogens is 2. The van der Waals surface area contributed by atoms with Gasteiger partial charge in [-0.2, -0.15) is 0 Å². The lowest BCUT2D eigenvalue weighted by atomic mass is 10.3. The van der Waals surface area contributed by atoms with Crippen LogP contribution in [0.2, 0.25) is 0 Å². The minimum Gasteiger partial charge on any atom is -0.244 e. The maximum Gasteiger partial charge on any atom is 0.116 e. The molecule has 0 spiro atoms. The molecule has 0 aliphatic heterocycles. The predicted molar refractivity (Wildman–Crippen MR) is 55.3 cm³/mol. The topological polar surface area (TPSA) is 25.8 Å². The Morgan fingerprint density at radius 2 is 2.33 bits per heavy atom. The third kappa shape index (κ3) is 3.11. The summed E-state index contributed by atoms with van der Waals surface area (Å²) in [6, 6.07) is 0. The molecule has 0 atom stereocenters. The Kier molecular flexibility index (Phi) is 4.01. The third-order valence-electron chi connectivity index (χ3n) is 1.19. The molecule has 1 aromatic rings. The average molecular weight is 247 g/mol. The smallest absolute Gasteiger partial charge is 0.116 e. The van der Waals surface area contributed by atoms with Gasteiger partial charge in [-0.3, -0.25) is 0 Å². The summed E-state index contributed by atoms with van der Waals surface area (Å²) in [6.07, 6.45) is 3.35. The van der Waals surface area contributed by atoms with E-state index in [0.29, 0.717) is 5.92 Å². The van der Waals surface area contributed by atoms with Gasteiger partial charge in [0.15, 0.2) is 0 Å². The largest absolute Gasteiger partial charge is 0.244 e. The van der Waals surface area contributed by atoms with Crippen molar-refractivity contribution < 1.29 is 0 Å². The van der Waals surface area contributed by atoms with Gasteiger partial charge in [0, 0.05) is 11.9 Å². The van der Waals surface area contributed by atoms with Gasteiger partial charge in [0.1, 0.15) is 11.4 Å². The van der Waals surface area contributed by atoms with Crippen molar-refractivity contribution >= 4 is 27.7 Å². The molecule has 4 heteroatoms. The highest BCUT2D eigenvalue weighted by Gasteiger charge is 2.02. The molecule has 0 saturated heterocycles. The quantitative estimate of drug-likeness (QED) is 0.606. The molecular weight excluding hydrogens is 236 g/mol. The first-order valence-corrected chi connectivity index (χ1v) is 5.56. The molecule has 0 aliphatic carbocycles. The number of hydrogen-bond acceptors (Lipinski definition) is 3. The fraction of sp³-hybridized carbons (Fsp3) is 0.500. The first kappa shape index (κ1) is 9.99. The molecule has 1 aromatic heterocycles. The van der Waals surface area contributed by atoms with E-state index < -0.39 is 0 Å². The van der Waals surface area contributed by atoms with Crippen molar-refractivity contribution in [3.05, 3.63) is 17.0 Å². The van der Waals surface area contributed by atoms with Crippen molar-refractivity contribution in [3.8, 4) is 0 Å². The first-order chi connectivity index (χ1) is 5.70. The molecule has 0 aromatic carbocycles. The van der Waals surface area contributed by atoms with Gasteiger partial charge in [-0.05, 0) is 21.8 Å². The zero-order chi connectivity index (χ0) is 8.97. The lowest BCUT2D eigenvalue weighted by molar-refractivity contribution is 0.749. The van der Waals surface area contributed by atoms with Crippen LogP contribution in [0.5, 0.6) is 0 Å². The van der Waals surface area contributed by atoms with Gasteiger partial charge in [-0.15, -0.1) is 11.8 Å². The fourth-order valence-electron chi connectivity index (χ4n) is 0.653. The number of thioether (sulfide) groups is 1. The molecule has 0 N–H and O–H groups in total. The molecule has 0 radical (unpaired) electrons. The van der Waals surface area contributed by atoms with Gasteiger partial charge in [0.25, 0.3) is 0 Å². The molecule has 0 unspecified atom stereocenters. The first-order valence-electron chi connectivity index (χ1n) is 3.78. The molecular formula is C8H11BrN2S. The van der Waals surface area contributed by atoms with Gasteiger partial charge in [-0.1, -0.05) is 13.8 Å². The molecule has 0 fully saturated rings. The Balaban J connectivity index is 2.57. The molecule has 66 valence electrons. The van der Waals surface area contributed by atoms with Gasteiger partial charge in [0.05, 0.1) is 4.47 Å². The second-order valence-electron chi connectivity index (χ2n) is 2.88. The summed E-state index contributed by atoms with van der Waals surface area (Å²) in [5, 5.41) is 1.03. The van der Waals surface area contributed by atoms with Crippen LogP contribution in [0, 0.1) is 5.92 Å². The highest BCUT2D eigenvalue weighted by atomic mass is 79.9. The lowest BCUT2D eigenvalue weighted by Crippen LogP contribution is -1.92. The summed E-state index contributed by atoms with van der Waals surface area (Å²) in [7, 11) is 0. The van der Waals surface area contributed by atoms with Gasteiger partial charge >= 0.3 is 0 Å². The monoisotopic (exact) mass is 246 g/mol. The highest BCUT2D eigenvalue weighted by molar-refractivity contribution is 9.10. The van der Waals surface area contributed by atoms with Crippen molar-refractivity contribution in [1.29, 1.82) is 0 Å². The SMILES string of the molecule is CC(C)CSc1ncncc1Br. The van der Waals surface area contributed by atoms with E-state index >= 15 is 0 Å². The van der Waals surface area contributed by atoms with E-state index in [1.807, 2.05) is 0 Å². The Morgan fingerprint density at radius 3 is 2.92 bits per heavy atom. The van der Waals surface area contributed by atoms with Crippen molar-refractivity contribution in [2.75, 3.05) is 5.75 Å². The van der Waals surface area contributed by atoms with Gasteiger partial charge < -0.3 is 0 Å². The van der Waals surface area contributed by atoms with Crippen molar-refractivity contribution in [3.63, 3.8) is 0 Å². The molecule has 2 nitrogen and oxygen atoms in total. The molecule has 0 aliphatic rings. The normalized spacial score (nSPS) is 10.7. The van der Waals surface area contributed by atoms with E-state index in [1.54, 1.807) is 24.3 Å². The summed E-state index contributed by atoms with van der Waals surface area (Å²) >= 11 is 5.16. The standard InChI is InChI=1S/C8H11BrN2S/c1-6(2)4-12-8-7(9)3-10-5-11-8/h3,5-6H,4H2,1-2H3. The van der Waals surface area contributed by atoms with Crippen LogP contribution in [0.15, 0.2) is 22.0 Å². The number of halogens is 1. The molecule has 1 heterocycles. The van der Waals surface area contributed by atoms with Crippen molar-refractivity contribution in [2.45, 2.75) is 18.9 Å². The second-order valence-corrected chi connectivity index (χ2v) is 4.74. The maximum atomic E-state index is 4.16. The van der Waals surface area contributed by atoms with Gasteiger partial charge in [0.2, 0.25) is 0 Å². The summed E-state index contributed by atoms with van der Waals surface area (Å²) in [5.74, 6) is 1.78. The minimum absolute atomic E-state index is 0.692. The highest BCUT2D eigenvalue weighted by Crippen LogP contribution is 2.25. The molecule has 0 amide bonds. The second kappa shape index (κ2) is 4.82. The summed E-state index contributed by atoms with van der Waals surface area (Å²) in [6.45, 7) is 4.39. The maximum absolute atomic E-state index is 4.16. The van der Waals surface area contributed by atoms with Crippen LogP contribution >= 0.6 is 27.7 Å². The summed E-state index contributed by atoms with van der Waals surface area (Å²) < 4.78 is 0.982. The Hall–Kier alpha value is -0.0900. The van der Waals surface area contributed by atoms with Crippen LogP contribution in [-0.2, 0) is 0 Å². The molecule has 0 saturated carbocycles. The van der Waals surface area contributed by atoms with E-state index in [1.165, 1.54) is 0 Å². The van der Waals surface area contributed by atoms with Crippen LogP contribution < -0.4 is 0 Å². The number of rotatable bonds is 3. The summed E-state index contributed by atoms with van der Waals surface area (Å²) in [4.78, 5) is 8.06. The van der Waals surface area contributed by atoms with E-state index in [9.17, 15) is 0 Å². The van der Waals surface area contributed by atoms with Crippen LogP contribution in [0.4, 0.5) is 0 Å². The number of nitrogens with zero attached hydrogens (tertiary/aromatic N) is 2. The summed E-state index contributed by atoms with van der Waals surface area (Å²) in [5.41, 5.74) is 0. The molecule has 1 rings (SSSR count). The van der Waals surface area contributed by atoms with Crippen LogP contribution in [0.1, 0.15) is 13.8 Å². The van der Waals surface area contributed by atoms with Crippen molar-refractivity contribution in [2.24, 2.45) is 5.92 Å². The van der Waals surface area contributed by atoms with E-state index in [4.69, 9.17) is 0 Å². The fourth-order valence-corrected chi connectivity index (χ4v) is 2.02. The Morgan fingerprint density at radius 1 is 1.58 bits per heavy atom. The predicted octanol–water partition coefficient (Wildman–Crippen LogP) is 2.99. The number of hydrogen-bond donors (Lipinski definition) is 0. The third-order valence-corrected chi connectivity index (χ3v) is 3.46. The zero-order valence-electron chi connectivity index (χ0n) is 7.12. The van der Waals surface area contributed by atoms with E-state index in [0.717, 1.165) is 15.3 Å². The van der Waals surface area contributed by atoms with Crippen LogP contribution in [-0.4, -0.2) is 15.7 Å². The molecule has 12 heavy (non-hydrogen) atoms. The average Bonchev–Trinajstić information content (AvgIpc) is 2.03.